The summed E-state index contributed by atoms with van der Waals surface area (Å²) in [5.41, 5.74) is 1.71. The molecular formula is C63H90O18. The van der Waals surface area contributed by atoms with Gasteiger partial charge in [0.25, 0.3) is 0 Å². The molecule has 17 aliphatic rings. The molecule has 17 saturated heterocycles. The lowest BCUT2D eigenvalue weighted by Crippen LogP contribution is -2.62. The molecule has 0 aromatic heterocycles. The van der Waals surface area contributed by atoms with Crippen LogP contribution in [0.5, 0.6) is 0 Å². The summed E-state index contributed by atoms with van der Waals surface area (Å²) in [6, 6.07) is 0. The highest BCUT2D eigenvalue weighted by Gasteiger charge is 2.73. The summed E-state index contributed by atoms with van der Waals surface area (Å²) in [7, 11) is 0. The van der Waals surface area contributed by atoms with E-state index in [0.717, 1.165) is 56.1 Å². The Bertz CT molecular complexity index is 2460. The van der Waals surface area contributed by atoms with Crippen LogP contribution in [0.4, 0.5) is 0 Å². The Morgan fingerprint density at radius 2 is 1.26 bits per heavy atom. The van der Waals surface area contributed by atoms with E-state index in [1.165, 1.54) is 0 Å². The minimum Gasteiger partial charge on any atom is -0.394 e. The van der Waals surface area contributed by atoms with Crippen LogP contribution in [-0.4, -0.2) is 193 Å². The largest absolute Gasteiger partial charge is 0.394 e. The van der Waals surface area contributed by atoms with Crippen LogP contribution in [0.3, 0.4) is 0 Å². The molecule has 17 rings (SSSR count). The first kappa shape index (κ1) is 54.8. The second kappa shape index (κ2) is 20.0. The van der Waals surface area contributed by atoms with Crippen molar-refractivity contribution in [3.63, 3.8) is 0 Å². The van der Waals surface area contributed by atoms with Crippen molar-refractivity contribution in [2.45, 2.75) is 314 Å². The van der Waals surface area contributed by atoms with Crippen LogP contribution in [0.25, 0.3) is 0 Å². The fraction of sp³-hybridized carbons (Fsp3) is 0.921. The van der Waals surface area contributed by atoms with Crippen molar-refractivity contribution in [2.24, 2.45) is 35.5 Å². The molecule has 18 heteroatoms. The SMILES string of the molecule is C=C1C[C@@H]2CC[C@@]34C[C@]5(C)O[C@H]6[C@@H](O3)[C@H]3O[C@H](CC[C@@H]3O[C@H]6C5O4)CC(=O)C[C@@H]3[C@@H](C)[C@@H]4O[C@@H]5C[C@]6(C[C@@H]7O[C@]8(C[C@H](C)[C@@H]9O[C@@H]%10[C@@H]([C@@H](O)CO)CO[C@@H]%10C[C@@H]9O8)C[C@H](C)[C@@H]7O6)O[C@@H]5C[C@@H]4O[C@H]3C[C@H]3O[C@@H](CC[C@@H]1O2)C[C@@H](C)C3=C. The minimum atomic E-state index is -0.884. The minimum absolute atomic E-state index is 0.00983. The predicted octanol–water partition coefficient (Wildman–Crippen LogP) is 6.24. The van der Waals surface area contributed by atoms with Gasteiger partial charge < -0.3 is 81.3 Å². The average Bonchev–Trinajstić information content (AvgIpc) is 3.91. The van der Waals surface area contributed by atoms with Crippen LogP contribution in [0.1, 0.15) is 150 Å². The van der Waals surface area contributed by atoms with Crippen LogP contribution in [-0.2, 0) is 75.8 Å². The van der Waals surface area contributed by atoms with Gasteiger partial charge >= 0.3 is 0 Å². The van der Waals surface area contributed by atoms with Gasteiger partial charge in [-0.05, 0) is 92.6 Å². The van der Waals surface area contributed by atoms with Gasteiger partial charge in [0.2, 0.25) is 0 Å². The van der Waals surface area contributed by atoms with Gasteiger partial charge in [0, 0.05) is 76.5 Å². The second-order valence-electron chi connectivity index (χ2n) is 29.3. The Morgan fingerprint density at radius 3 is 2.11 bits per heavy atom. The molecule has 17 heterocycles. The van der Waals surface area contributed by atoms with Gasteiger partial charge in [0.1, 0.15) is 41.9 Å². The Labute approximate surface area is 476 Å². The third-order valence-corrected chi connectivity index (χ3v) is 23.6. The summed E-state index contributed by atoms with van der Waals surface area (Å²) in [5, 5.41) is 20.3. The molecule has 81 heavy (non-hydrogen) atoms. The number of rotatable bonds is 2. The molecule has 2 N–H and O–H groups in total. The molecule has 450 valence electrons. The molecule has 17 fully saturated rings. The maximum absolute atomic E-state index is 14.9. The van der Waals surface area contributed by atoms with Crippen LogP contribution in [0.15, 0.2) is 24.3 Å². The summed E-state index contributed by atoms with van der Waals surface area (Å²) in [6.07, 6.45) is 6.41. The molecule has 3 spiro atoms. The highest BCUT2D eigenvalue weighted by molar-refractivity contribution is 5.79. The van der Waals surface area contributed by atoms with Crippen molar-refractivity contribution in [3.05, 3.63) is 24.3 Å². The first-order valence-corrected chi connectivity index (χ1v) is 32.0. The highest BCUT2D eigenvalue weighted by atomic mass is 16.8. The van der Waals surface area contributed by atoms with Gasteiger partial charge in [-0.3, -0.25) is 4.79 Å². The van der Waals surface area contributed by atoms with E-state index in [2.05, 4.69) is 47.8 Å². The number of aliphatic hydroxyl groups excluding tert-OH is 2. The van der Waals surface area contributed by atoms with E-state index in [9.17, 15) is 15.0 Å². The summed E-state index contributed by atoms with van der Waals surface area (Å²) in [6.45, 7) is 20.4. The molecular weight excluding hydrogens is 1040 g/mol. The van der Waals surface area contributed by atoms with Crippen molar-refractivity contribution >= 4 is 5.78 Å². The van der Waals surface area contributed by atoms with Gasteiger partial charge in [-0.1, -0.05) is 40.9 Å². The number of ether oxygens (including phenoxy) is 15. The highest BCUT2D eigenvalue weighted by Crippen LogP contribution is 2.60. The van der Waals surface area contributed by atoms with E-state index in [-0.39, 0.29) is 182 Å². The van der Waals surface area contributed by atoms with Crippen molar-refractivity contribution in [3.8, 4) is 0 Å². The fourth-order valence-electron chi connectivity index (χ4n) is 19.8. The van der Waals surface area contributed by atoms with Crippen LogP contribution < -0.4 is 0 Å². The summed E-state index contributed by atoms with van der Waals surface area (Å²) >= 11 is 0. The predicted molar refractivity (Wildman–Crippen MR) is 284 cm³/mol. The maximum Gasteiger partial charge on any atom is 0.174 e. The Morgan fingerprint density at radius 1 is 0.543 bits per heavy atom. The molecule has 1 unspecified atom stereocenters. The topological polar surface area (TPSA) is 196 Å². The van der Waals surface area contributed by atoms with Gasteiger partial charge in [-0.15, -0.1) is 0 Å². The van der Waals surface area contributed by atoms with Gasteiger partial charge in [-0.2, -0.15) is 0 Å². The molecule has 0 amide bonds. The summed E-state index contributed by atoms with van der Waals surface area (Å²) < 4.78 is 105. The molecule has 17 aliphatic heterocycles. The quantitative estimate of drug-likeness (QED) is 0.295. The molecule has 33 atom stereocenters. The lowest BCUT2D eigenvalue weighted by Gasteiger charge is -2.54. The zero-order valence-electron chi connectivity index (χ0n) is 48.2. The molecule has 0 aromatic carbocycles. The van der Waals surface area contributed by atoms with Crippen molar-refractivity contribution in [1.29, 1.82) is 0 Å². The third-order valence-electron chi connectivity index (χ3n) is 23.6. The van der Waals surface area contributed by atoms with E-state index in [1.807, 2.05) is 0 Å². The van der Waals surface area contributed by atoms with E-state index < -0.39 is 29.1 Å². The number of hydrogen-bond acceptors (Lipinski definition) is 18. The average molecular weight is 1140 g/mol. The maximum atomic E-state index is 14.9. The molecule has 0 aromatic rings. The van der Waals surface area contributed by atoms with E-state index in [0.29, 0.717) is 77.2 Å². The molecule has 0 aliphatic carbocycles. The molecule has 0 radical (unpaired) electrons. The Balaban J connectivity index is 0.630. The Kier molecular flexibility index (Phi) is 13.5. The lowest BCUT2D eigenvalue weighted by atomic mass is 9.72. The number of ketones is 1. The molecule has 12 bridgehead atoms. The number of hydrogen-bond donors (Lipinski definition) is 2. The fourth-order valence-corrected chi connectivity index (χ4v) is 19.8. The Hall–Kier alpha value is -1.53. The smallest absolute Gasteiger partial charge is 0.174 e. The van der Waals surface area contributed by atoms with Gasteiger partial charge in [0.05, 0.1) is 123 Å². The van der Waals surface area contributed by atoms with Gasteiger partial charge in [-0.25, -0.2) is 0 Å². The summed E-state index contributed by atoms with van der Waals surface area (Å²) in [5.74, 6) is -2.24. The molecule has 18 nitrogen and oxygen atoms in total. The standard InChI is InChI=1S/C63H90O18/c1-28-14-35-8-10-41-29(2)15-37(68-41)12-13-61-27-60(7)59(81-61)58-57(78-60)56(80-61)55-42(72-58)11-9-36(70-55)16-34(65)17-38-33(6)53-47(71-44(38)18-43(69-35)32(28)5)19-45-49(73-53)23-63(75-45)24-50-52(79-63)31(4)22-62(77-50)21-30(3)51-48(76-62)20-46-54(74-51)39(26-67-46)40(66)25-64/h28,30-31,33,35-59,64,66H,2,5,8-27H2,1,3-4,6-7H3/t28-,30+,31+,33-,35+,36-,37+,38-,39-,40+,41+,42+,43-,44+,45-,46-,47+,48+,49-,50+,51+,52+,53+,54-,55+,56+,57+,58-,59?,60+,61-,62-,63+/m1/s1. The van der Waals surface area contributed by atoms with E-state index in [4.69, 9.17) is 71.1 Å². The van der Waals surface area contributed by atoms with Crippen molar-refractivity contribution < 1.29 is 86.1 Å². The van der Waals surface area contributed by atoms with E-state index >= 15 is 0 Å². The van der Waals surface area contributed by atoms with Crippen molar-refractivity contribution in [2.75, 3.05) is 13.2 Å². The molecule has 0 saturated carbocycles. The zero-order chi connectivity index (χ0) is 55.2. The normalized spacial score (nSPS) is 59.4. The van der Waals surface area contributed by atoms with Crippen LogP contribution in [0, 0.1) is 35.5 Å². The number of carbonyl (C=O) groups excluding carboxylic acids is 1. The first-order chi connectivity index (χ1) is 38.9. The van der Waals surface area contributed by atoms with Crippen LogP contribution in [0.2, 0.25) is 0 Å². The second-order valence-corrected chi connectivity index (χ2v) is 29.3. The van der Waals surface area contributed by atoms with Crippen LogP contribution >= 0.6 is 0 Å². The van der Waals surface area contributed by atoms with E-state index in [1.54, 1.807) is 0 Å². The van der Waals surface area contributed by atoms with Gasteiger partial charge in [0.15, 0.2) is 17.4 Å². The first-order valence-electron chi connectivity index (χ1n) is 32.0. The van der Waals surface area contributed by atoms with Crippen molar-refractivity contribution in [1.82, 2.24) is 0 Å². The number of aliphatic hydroxyl groups is 2. The third kappa shape index (κ3) is 9.11. The monoisotopic (exact) mass is 1130 g/mol. The lowest BCUT2D eigenvalue weighted by molar-refractivity contribution is -0.370. The number of fused-ring (bicyclic) bond motifs is 11. The number of Topliss-reactive ketones (excluding diaryl/α,β-unsaturated/α-hetero) is 1. The number of carbonyl (C=O) groups is 1. The zero-order valence-corrected chi connectivity index (χ0v) is 48.2. The summed E-state index contributed by atoms with van der Waals surface area (Å²) in [4.78, 5) is 14.9.